The number of hydrogen-bond donors (Lipinski definition) is 2. The number of aryl methyl sites for hydroxylation is 1. The van der Waals surface area contributed by atoms with Gasteiger partial charge in [0.15, 0.2) is 6.54 Å². The quantitative estimate of drug-likeness (QED) is 0.218. The zero-order valence-electron chi connectivity index (χ0n) is 19.5. The number of pyridine rings is 1. The van der Waals surface area contributed by atoms with Crippen LogP contribution in [0.2, 0.25) is 0 Å². The van der Waals surface area contributed by atoms with Crippen LogP contribution in [0.1, 0.15) is 33.6 Å². The smallest absolute Gasteiger partial charge is 0.220 e. The van der Waals surface area contributed by atoms with Gasteiger partial charge in [0.05, 0.1) is 10.8 Å². The molecule has 4 rings (SSSR count). The van der Waals surface area contributed by atoms with E-state index in [1.54, 1.807) is 0 Å². The van der Waals surface area contributed by atoms with Crippen LogP contribution >= 0.6 is 0 Å². The van der Waals surface area contributed by atoms with Gasteiger partial charge in [0.2, 0.25) is 11.2 Å². The van der Waals surface area contributed by atoms with Crippen LogP contribution < -0.4 is 16.0 Å². The van der Waals surface area contributed by atoms with E-state index in [1.165, 1.54) is 39.4 Å². The summed E-state index contributed by atoms with van der Waals surface area (Å²) in [6.45, 7) is 9.91. The van der Waals surface area contributed by atoms with Gasteiger partial charge in [0.1, 0.15) is 0 Å². The molecule has 1 heterocycles. The Morgan fingerprint density at radius 1 is 0.844 bits per heavy atom. The summed E-state index contributed by atoms with van der Waals surface area (Å²) in [4.78, 5) is 2.57. The molecule has 0 amide bonds. The van der Waals surface area contributed by atoms with Crippen molar-refractivity contribution in [3.05, 3.63) is 66.7 Å². The second-order valence-corrected chi connectivity index (χ2v) is 8.69. The van der Waals surface area contributed by atoms with Crippen molar-refractivity contribution in [2.75, 3.05) is 24.6 Å². The van der Waals surface area contributed by atoms with Gasteiger partial charge in [-0.05, 0) is 56.3 Å². The minimum absolute atomic E-state index is 0.599. The summed E-state index contributed by atoms with van der Waals surface area (Å²) in [5.41, 5.74) is 17.7. The number of benzene rings is 3. The van der Waals surface area contributed by atoms with E-state index in [1.807, 2.05) is 12.1 Å². The Hall–Kier alpha value is -3.11. The minimum Gasteiger partial charge on any atom is -0.399 e. The molecule has 0 saturated carbocycles. The fourth-order valence-electron chi connectivity index (χ4n) is 4.78. The molecule has 0 fully saturated rings. The molecule has 1 unspecified atom stereocenters. The Labute approximate surface area is 191 Å². The van der Waals surface area contributed by atoms with Crippen LogP contribution in [-0.4, -0.2) is 24.0 Å². The lowest BCUT2D eigenvalue weighted by atomic mass is 9.98. The maximum atomic E-state index is 6.26. The van der Waals surface area contributed by atoms with Crippen molar-refractivity contribution in [1.29, 1.82) is 0 Å². The van der Waals surface area contributed by atoms with Gasteiger partial charge in [0.25, 0.3) is 0 Å². The number of aromatic nitrogens is 1. The minimum atomic E-state index is 0.599. The van der Waals surface area contributed by atoms with Gasteiger partial charge in [0, 0.05) is 47.4 Å². The third-order valence-corrected chi connectivity index (χ3v) is 6.67. The van der Waals surface area contributed by atoms with E-state index in [-0.39, 0.29) is 0 Å². The highest BCUT2D eigenvalue weighted by Crippen LogP contribution is 2.33. The summed E-state index contributed by atoms with van der Waals surface area (Å²) in [5.74, 6) is 0. The first-order valence-electron chi connectivity index (χ1n) is 11.8. The monoisotopic (exact) mass is 427 g/mol. The maximum Gasteiger partial charge on any atom is 0.220 e. The molecule has 4 heteroatoms. The molecule has 0 aliphatic rings. The molecule has 0 bridgehead atoms. The molecular weight excluding hydrogens is 392 g/mol. The molecule has 0 radical (unpaired) electrons. The predicted octanol–water partition coefficient (Wildman–Crippen LogP) is 5.62. The van der Waals surface area contributed by atoms with Crippen molar-refractivity contribution in [2.24, 2.45) is 0 Å². The van der Waals surface area contributed by atoms with Crippen LogP contribution in [0, 0.1) is 0 Å². The van der Waals surface area contributed by atoms with Gasteiger partial charge >= 0.3 is 0 Å². The Morgan fingerprint density at radius 2 is 1.53 bits per heavy atom. The maximum absolute atomic E-state index is 6.26. The molecule has 4 aromatic rings. The van der Waals surface area contributed by atoms with Crippen molar-refractivity contribution >= 4 is 33.1 Å². The van der Waals surface area contributed by atoms with E-state index in [2.05, 4.69) is 84.8 Å². The molecule has 1 atom stereocenters. The number of hydrogen-bond acceptors (Lipinski definition) is 3. The summed E-state index contributed by atoms with van der Waals surface area (Å²) in [6.07, 6.45) is 2.24. The fraction of sp³-hybridized carbons (Fsp3) is 0.321. The number of nitrogens with zero attached hydrogens (tertiary/aromatic N) is 2. The molecule has 4 nitrogen and oxygen atoms in total. The van der Waals surface area contributed by atoms with E-state index in [0.29, 0.717) is 6.04 Å². The molecule has 0 spiro atoms. The molecule has 0 aliphatic carbocycles. The summed E-state index contributed by atoms with van der Waals surface area (Å²) >= 11 is 0. The van der Waals surface area contributed by atoms with Crippen LogP contribution in [0.5, 0.6) is 0 Å². The van der Waals surface area contributed by atoms with Crippen molar-refractivity contribution in [3.63, 3.8) is 0 Å². The molecular formula is C28H35N4+. The molecule has 3 aromatic carbocycles. The zero-order chi connectivity index (χ0) is 22.7. The van der Waals surface area contributed by atoms with Crippen LogP contribution in [0.3, 0.4) is 0 Å². The first kappa shape index (κ1) is 22.1. The number of rotatable bonds is 8. The van der Waals surface area contributed by atoms with Gasteiger partial charge < -0.3 is 16.4 Å². The average Bonchev–Trinajstić information content (AvgIpc) is 2.81. The number of anilines is 2. The highest BCUT2D eigenvalue weighted by Gasteiger charge is 2.24. The van der Waals surface area contributed by atoms with Crippen molar-refractivity contribution in [3.8, 4) is 11.3 Å². The fourth-order valence-corrected chi connectivity index (χ4v) is 4.78. The van der Waals surface area contributed by atoms with E-state index in [0.717, 1.165) is 37.4 Å². The normalized spacial score (nSPS) is 12.6. The van der Waals surface area contributed by atoms with Gasteiger partial charge in [-0.3, -0.25) is 0 Å². The number of fused-ring (bicyclic) bond motifs is 3. The van der Waals surface area contributed by atoms with Gasteiger partial charge in [-0.1, -0.05) is 38.1 Å². The molecule has 0 saturated heterocycles. The Balaban J connectivity index is 1.91. The highest BCUT2D eigenvalue weighted by molar-refractivity contribution is 6.10. The largest absolute Gasteiger partial charge is 0.399 e. The van der Waals surface area contributed by atoms with Crippen molar-refractivity contribution in [2.45, 2.75) is 46.2 Å². The Morgan fingerprint density at radius 3 is 2.22 bits per heavy atom. The Kier molecular flexibility index (Phi) is 6.61. The first-order chi connectivity index (χ1) is 15.5. The second-order valence-electron chi connectivity index (χ2n) is 8.69. The van der Waals surface area contributed by atoms with Gasteiger partial charge in [-0.25, -0.2) is 0 Å². The van der Waals surface area contributed by atoms with Crippen molar-refractivity contribution in [1.82, 2.24) is 4.90 Å². The van der Waals surface area contributed by atoms with Crippen molar-refractivity contribution < 1.29 is 4.57 Å². The zero-order valence-corrected chi connectivity index (χ0v) is 19.5. The lowest BCUT2D eigenvalue weighted by molar-refractivity contribution is -0.659. The highest BCUT2D eigenvalue weighted by atomic mass is 15.1. The van der Waals surface area contributed by atoms with Gasteiger partial charge in [-0.15, -0.1) is 0 Å². The summed E-state index contributed by atoms with van der Waals surface area (Å²) in [5, 5.41) is 3.60. The van der Waals surface area contributed by atoms with E-state index in [9.17, 15) is 0 Å². The number of nitrogen functional groups attached to an aromatic ring is 2. The average molecular weight is 428 g/mol. The van der Waals surface area contributed by atoms with E-state index >= 15 is 0 Å². The third kappa shape index (κ3) is 4.28. The van der Waals surface area contributed by atoms with E-state index < -0.39 is 0 Å². The third-order valence-electron chi connectivity index (χ3n) is 6.67. The summed E-state index contributed by atoms with van der Waals surface area (Å²) in [6, 6.07) is 23.7. The standard InChI is InChI=1S/C28H34N4/c1-4-20(3)31(5-2)16-9-17-32-27-19-23(30)13-15-25(27)24-14-12-22(29)18-26(24)28(32)21-10-7-6-8-11-21/h6-8,10-15,18-20,30H,4-5,9,16-17,29H2,1-3H3/p+1. The van der Waals surface area contributed by atoms with E-state index in [4.69, 9.17) is 11.5 Å². The predicted molar refractivity (Wildman–Crippen MR) is 138 cm³/mol. The lowest BCUT2D eigenvalue weighted by Crippen LogP contribution is -2.41. The van der Waals surface area contributed by atoms with Gasteiger partial charge in [-0.2, -0.15) is 4.57 Å². The summed E-state index contributed by atoms with van der Waals surface area (Å²) < 4.78 is 2.45. The first-order valence-corrected chi connectivity index (χ1v) is 11.8. The van der Waals surface area contributed by atoms with Crippen LogP contribution in [-0.2, 0) is 6.54 Å². The SMILES string of the molecule is CCC(C)N(CC)CCC[n+]1c(-c2ccccc2)c2cc(N)ccc2c2ccc(N)cc21. The molecule has 0 aliphatic heterocycles. The van der Waals surface area contributed by atoms with Crippen LogP contribution in [0.15, 0.2) is 66.7 Å². The molecule has 1 aromatic heterocycles. The molecule has 166 valence electrons. The Bertz CT molecular complexity index is 1220. The topological polar surface area (TPSA) is 59.2 Å². The number of nitrogens with two attached hydrogens (primary N) is 2. The molecule has 32 heavy (non-hydrogen) atoms. The summed E-state index contributed by atoms with van der Waals surface area (Å²) in [7, 11) is 0. The molecule has 4 N–H and O–H groups in total. The lowest BCUT2D eigenvalue weighted by Gasteiger charge is -2.26. The second kappa shape index (κ2) is 9.58. The van der Waals surface area contributed by atoms with Crippen LogP contribution in [0.25, 0.3) is 32.9 Å². The van der Waals surface area contributed by atoms with Crippen LogP contribution in [0.4, 0.5) is 11.4 Å².